The second kappa shape index (κ2) is 7.81. The molecule has 114 valence electrons. The Morgan fingerprint density at radius 2 is 1.81 bits per heavy atom. The summed E-state index contributed by atoms with van der Waals surface area (Å²) in [6.45, 7) is 8.70. The van der Waals surface area contributed by atoms with Gasteiger partial charge in [0.1, 0.15) is 0 Å². The van der Waals surface area contributed by atoms with E-state index in [2.05, 4.69) is 34.1 Å². The molecular weight excluding hydrogens is 264 g/mol. The molecule has 1 heterocycles. The Hall–Kier alpha value is -1.85. The molecule has 1 aliphatic heterocycles. The average molecular weight is 288 g/mol. The summed E-state index contributed by atoms with van der Waals surface area (Å²) in [5, 5.41) is 5.93. The van der Waals surface area contributed by atoms with Gasteiger partial charge in [0.15, 0.2) is 0 Å². The molecule has 1 aliphatic rings. The van der Waals surface area contributed by atoms with E-state index in [4.69, 9.17) is 0 Å². The predicted molar refractivity (Wildman–Crippen MR) is 87.4 cm³/mol. The normalized spacial score (nSPS) is 16.4. The van der Waals surface area contributed by atoms with Crippen LogP contribution in [0, 0.1) is 0 Å². The first kappa shape index (κ1) is 15.5. The van der Waals surface area contributed by atoms with Crippen LogP contribution < -0.4 is 10.6 Å². The Morgan fingerprint density at radius 3 is 2.43 bits per heavy atom. The van der Waals surface area contributed by atoms with Gasteiger partial charge in [-0.2, -0.15) is 0 Å². The van der Waals surface area contributed by atoms with Gasteiger partial charge in [-0.3, -0.25) is 4.79 Å². The van der Waals surface area contributed by atoms with Crippen molar-refractivity contribution in [3.63, 3.8) is 0 Å². The van der Waals surface area contributed by atoms with Crippen LogP contribution in [0.4, 0.5) is 11.4 Å². The summed E-state index contributed by atoms with van der Waals surface area (Å²) in [6, 6.07) is 7.61. The lowest BCUT2D eigenvalue weighted by molar-refractivity contribution is -0.116. The van der Waals surface area contributed by atoms with Gasteiger partial charge in [0.05, 0.1) is 0 Å². The van der Waals surface area contributed by atoms with E-state index in [1.54, 1.807) is 6.20 Å². The standard InChI is InChI=1S/C16H24N4O/c1-3-17-14-4-6-15(7-5-14)18-16(21)8-9-20-12-10-19(2)11-13-20/h3-7,17H,1,8-13H2,2H3,(H,18,21). The zero-order valence-electron chi connectivity index (χ0n) is 12.6. The molecule has 1 amide bonds. The first-order valence-corrected chi connectivity index (χ1v) is 7.35. The van der Waals surface area contributed by atoms with Gasteiger partial charge in [-0.25, -0.2) is 0 Å². The molecule has 2 rings (SSSR count). The summed E-state index contributed by atoms with van der Waals surface area (Å²) >= 11 is 0. The smallest absolute Gasteiger partial charge is 0.225 e. The van der Waals surface area contributed by atoms with Crippen LogP contribution in [0.1, 0.15) is 6.42 Å². The minimum absolute atomic E-state index is 0.0679. The molecule has 0 unspecified atom stereocenters. The summed E-state index contributed by atoms with van der Waals surface area (Å²) in [4.78, 5) is 16.6. The molecule has 21 heavy (non-hydrogen) atoms. The van der Waals surface area contributed by atoms with E-state index in [0.717, 1.165) is 44.1 Å². The van der Waals surface area contributed by atoms with Gasteiger partial charge in [-0.05, 0) is 37.5 Å². The van der Waals surface area contributed by atoms with Crippen LogP contribution in [0.25, 0.3) is 0 Å². The van der Waals surface area contributed by atoms with Crippen molar-refractivity contribution in [2.75, 3.05) is 50.4 Å². The second-order valence-corrected chi connectivity index (χ2v) is 5.37. The number of carbonyl (C=O) groups is 1. The number of benzene rings is 1. The molecular formula is C16H24N4O. The second-order valence-electron chi connectivity index (χ2n) is 5.37. The highest BCUT2D eigenvalue weighted by Crippen LogP contribution is 2.13. The maximum absolute atomic E-state index is 12.0. The van der Waals surface area contributed by atoms with Crippen LogP contribution >= 0.6 is 0 Å². The highest BCUT2D eigenvalue weighted by Gasteiger charge is 2.14. The molecule has 0 saturated carbocycles. The fourth-order valence-corrected chi connectivity index (χ4v) is 2.32. The number of amides is 1. The molecule has 5 nitrogen and oxygen atoms in total. The maximum Gasteiger partial charge on any atom is 0.225 e. The van der Waals surface area contributed by atoms with Crippen LogP contribution in [0.3, 0.4) is 0 Å². The number of anilines is 2. The van der Waals surface area contributed by atoms with E-state index in [9.17, 15) is 4.79 Å². The quantitative estimate of drug-likeness (QED) is 0.838. The predicted octanol–water partition coefficient (Wildman–Crippen LogP) is 1.82. The zero-order chi connectivity index (χ0) is 15.1. The molecule has 1 saturated heterocycles. The van der Waals surface area contributed by atoms with Gasteiger partial charge in [-0.15, -0.1) is 0 Å². The van der Waals surface area contributed by atoms with Crippen molar-refractivity contribution in [1.82, 2.24) is 9.80 Å². The molecule has 0 bridgehead atoms. The summed E-state index contributed by atoms with van der Waals surface area (Å²) < 4.78 is 0. The highest BCUT2D eigenvalue weighted by molar-refractivity contribution is 5.91. The van der Waals surface area contributed by atoms with Crippen molar-refractivity contribution < 1.29 is 4.79 Å². The van der Waals surface area contributed by atoms with Crippen molar-refractivity contribution >= 4 is 17.3 Å². The minimum Gasteiger partial charge on any atom is -0.362 e. The molecule has 5 heteroatoms. The molecule has 1 fully saturated rings. The van der Waals surface area contributed by atoms with Crippen molar-refractivity contribution in [2.45, 2.75) is 6.42 Å². The minimum atomic E-state index is 0.0679. The monoisotopic (exact) mass is 288 g/mol. The number of nitrogens with one attached hydrogen (secondary N) is 2. The van der Waals surface area contributed by atoms with Gasteiger partial charge < -0.3 is 20.4 Å². The molecule has 0 atom stereocenters. The van der Waals surface area contributed by atoms with Gasteiger partial charge in [0.25, 0.3) is 0 Å². The van der Waals surface area contributed by atoms with Crippen molar-refractivity contribution in [2.24, 2.45) is 0 Å². The lowest BCUT2D eigenvalue weighted by Crippen LogP contribution is -2.45. The molecule has 2 N–H and O–H groups in total. The number of hydrogen-bond acceptors (Lipinski definition) is 4. The lowest BCUT2D eigenvalue weighted by Gasteiger charge is -2.32. The first-order valence-electron chi connectivity index (χ1n) is 7.35. The van der Waals surface area contributed by atoms with E-state index in [0.29, 0.717) is 6.42 Å². The molecule has 1 aromatic carbocycles. The van der Waals surface area contributed by atoms with Crippen molar-refractivity contribution in [3.05, 3.63) is 37.0 Å². The summed E-state index contributed by atoms with van der Waals surface area (Å²) in [5.41, 5.74) is 1.79. The lowest BCUT2D eigenvalue weighted by atomic mass is 10.2. The van der Waals surface area contributed by atoms with Crippen LogP contribution in [0.15, 0.2) is 37.0 Å². The third-order valence-electron chi connectivity index (χ3n) is 3.69. The van der Waals surface area contributed by atoms with Crippen LogP contribution in [-0.2, 0) is 4.79 Å². The third-order valence-corrected chi connectivity index (χ3v) is 3.69. The Balaban J connectivity index is 1.72. The largest absolute Gasteiger partial charge is 0.362 e. The van der Waals surface area contributed by atoms with E-state index < -0.39 is 0 Å². The molecule has 1 aromatic rings. The van der Waals surface area contributed by atoms with Crippen molar-refractivity contribution in [3.8, 4) is 0 Å². The number of hydrogen-bond donors (Lipinski definition) is 2. The summed E-state index contributed by atoms with van der Waals surface area (Å²) in [6.07, 6.45) is 2.17. The first-order chi connectivity index (χ1) is 10.2. The van der Waals surface area contributed by atoms with Crippen LogP contribution in [0.5, 0.6) is 0 Å². The topological polar surface area (TPSA) is 47.6 Å². The number of nitrogens with zero attached hydrogens (tertiary/aromatic N) is 2. The maximum atomic E-state index is 12.0. The van der Waals surface area contributed by atoms with Crippen molar-refractivity contribution in [1.29, 1.82) is 0 Å². The molecule has 0 radical (unpaired) electrons. The van der Waals surface area contributed by atoms with E-state index in [-0.39, 0.29) is 5.91 Å². The Morgan fingerprint density at radius 1 is 1.19 bits per heavy atom. The highest BCUT2D eigenvalue weighted by atomic mass is 16.1. The molecule has 0 aliphatic carbocycles. The SMILES string of the molecule is C=CNc1ccc(NC(=O)CCN2CCN(C)CC2)cc1. The molecule has 0 spiro atoms. The summed E-state index contributed by atoms with van der Waals surface area (Å²) in [5.74, 6) is 0.0679. The zero-order valence-corrected chi connectivity index (χ0v) is 12.6. The fraction of sp³-hybridized carbons (Fsp3) is 0.438. The van der Waals surface area contributed by atoms with Gasteiger partial charge in [-0.1, -0.05) is 6.58 Å². The fourth-order valence-electron chi connectivity index (χ4n) is 2.32. The number of carbonyl (C=O) groups excluding carboxylic acids is 1. The Labute approximate surface area is 126 Å². The van der Waals surface area contributed by atoms with E-state index >= 15 is 0 Å². The molecule has 0 aromatic heterocycles. The van der Waals surface area contributed by atoms with Gasteiger partial charge in [0.2, 0.25) is 5.91 Å². The summed E-state index contributed by atoms with van der Waals surface area (Å²) in [7, 11) is 2.13. The Bertz CT molecular complexity index is 464. The van der Waals surface area contributed by atoms with Crippen LogP contribution in [-0.4, -0.2) is 55.5 Å². The number of piperazine rings is 1. The van der Waals surface area contributed by atoms with E-state index in [1.165, 1.54) is 0 Å². The Kier molecular flexibility index (Phi) is 5.78. The van der Waals surface area contributed by atoms with E-state index in [1.807, 2.05) is 24.3 Å². The third kappa shape index (κ3) is 5.21. The number of rotatable bonds is 6. The number of likely N-dealkylation sites (N-methyl/N-ethyl adjacent to an activating group) is 1. The van der Waals surface area contributed by atoms with Gasteiger partial charge in [0, 0.05) is 50.5 Å². The van der Waals surface area contributed by atoms with Gasteiger partial charge >= 0.3 is 0 Å². The van der Waals surface area contributed by atoms with Crippen LogP contribution in [0.2, 0.25) is 0 Å². The average Bonchev–Trinajstić information content (AvgIpc) is 2.49.